The van der Waals surface area contributed by atoms with Gasteiger partial charge in [-0.15, -0.1) is 0 Å². The molecule has 0 atom stereocenters. The van der Waals surface area contributed by atoms with Crippen LogP contribution in [0.1, 0.15) is 37.7 Å². The molecule has 2 fully saturated rings. The Labute approximate surface area is 166 Å². The van der Waals surface area contributed by atoms with Gasteiger partial charge in [0.2, 0.25) is 5.91 Å². The van der Waals surface area contributed by atoms with E-state index in [4.69, 9.17) is 0 Å². The van der Waals surface area contributed by atoms with Gasteiger partial charge in [0.15, 0.2) is 0 Å². The number of anilines is 2. The minimum atomic E-state index is -0.229. The van der Waals surface area contributed by atoms with Crippen molar-refractivity contribution in [3.05, 3.63) is 59.9 Å². The zero-order valence-corrected chi connectivity index (χ0v) is 16.2. The average Bonchev–Trinajstić information content (AvgIpc) is 3.56. The summed E-state index contributed by atoms with van der Waals surface area (Å²) in [6, 6.07) is 15.2. The second-order valence-electron chi connectivity index (χ2n) is 7.91. The highest BCUT2D eigenvalue weighted by Crippen LogP contribution is 2.28. The Morgan fingerprint density at radius 1 is 1.00 bits per heavy atom. The van der Waals surface area contributed by atoms with Gasteiger partial charge in [0, 0.05) is 37.1 Å². The predicted molar refractivity (Wildman–Crippen MR) is 111 cm³/mol. The predicted octanol–water partition coefficient (Wildman–Crippen LogP) is 4.42. The van der Waals surface area contributed by atoms with Gasteiger partial charge in [-0.25, -0.2) is 4.39 Å². The third-order valence-corrected chi connectivity index (χ3v) is 5.58. The van der Waals surface area contributed by atoms with Crippen LogP contribution < -0.4 is 10.2 Å². The van der Waals surface area contributed by atoms with Crippen molar-refractivity contribution in [1.82, 2.24) is 4.90 Å². The summed E-state index contributed by atoms with van der Waals surface area (Å²) in [5.74, 6) is -0.229. The fourth-order valence-electron chi connectivity index (χ4n) is 3.87. The minimum absolute atomic E-state index is 0.000246. The maximum Gasteiger partial charge on any atom is 0.238 e. The van der Waals surface area contributed by atoms with Crippen LogP contribution in [-0.4, -0.2) is 36.5 Å². The molecule has 148 valence electrons. The molecule has 2 aromatic rings. The maximum atomic E-state index is 13.1. The van der Waals surface area contributed by atoms with Gasteiger partial charge in [0.05, 0.1) is 6.54 Å². The van der Waals surface area contributed by atoms with E-state index in [9.17, 15) is 9.18 Å². The Hall–Kier alpha value is -2.40. The molecule has 1 saturated carbocycles. The van der Waals surface area contributed by atoms with Gasteiger partial charge < -0.3 is 10.2 Å². The molecule has 1 saturated heterocycles. The van der Waals surface area contributed by atoms with Gasteiger partial charge in [-0.3, -0.25) is 9.69 Å². The van der Waals surface area contributed by atoms with Crippen molar-refractivity contribution >= 4 is 17.3 Å². The molecule has 2 aliphatic rings. The molecule has 1 aliphatic heterocycles. The molecular weight excluding hydrogens is 353 g/mol. The van der Waals surface area contributed by atoms with Gasteiger partial charge >= 0.3 is 0 Å². The van der Waals surface area contributed by atoms with Gasteiger partial charge in [0.1, 0.15) is 5.82 Å². The van der Waals surface area contributed by atoms with Crippen LogP contribution in [0, 0.1) is 5.82 Å². The monoisotopic (exact) mass is 381 g/mol. The molecule has 0 aromatic heterocycles. The van der Waals surface area contributed by atoms with E-state index in [-0.39, 0.29) is 11.7 Å². The second kappa shape index (κ2) is 8.74. The second-order valence-corrected chi connectivity index (χ2v) is 7.91. The highest BCUT2D eigenvalue weighted by molar-refractivity contribution is 5.92. The lowest BCUT2D eigenvalue weighted by molar-refractivity contribution is -0.117. The zero-order valence-electron chi connectivity index (χ0n) is 16.2. The molecule has 1 aliphatic carbocycles. The molecule has 1 N–H and O–H groups in total. The van der Waals surface area contributed by atoms with Crippen LogP contribution in [0.15, 0.2) is 48.5 Å². The Morgan fingerprint density at radius 2 is 1.68 bits per heavy atom. The van der Waals surface area contributed by atoms with Crippen molar-refractivity contribution in [2.45, 2.75) is 44.7 Å². The molecule has 4 rings (SSSR count). The molecule has 0 spiro atoms. The molecule has 2 aromatic carbocycles. The number of halogens is 1. The normalized spacial score (nSPS) is 17.0. The number of hydrogen-bond donors (Lipinski definition) is 1. The van der Waals surface area contributed by atoms with E-state index in [1.54, 1.807) is 12.1 Å². The Kier molecular flexibility index (Phi) is 5.91. The summed E-state index contributed by atoms with van der Waals surface area (Å²) in [6.45, 7) is 3.26. The van der Waals surface area contributed by atoms with Crippen LogP contribution in [0.4, 0.5) is 15.8 Å². The number of amides is 1. The van der Waals surface area contributed by atoms with Crippen LogP contribution in [0.5, 0.6) is 0 Å². The van der Waals surface area contributed by atoms with E-state index >= 15 is 0 Å². The fourth-order valence-corrected chi connectivity index (χ4v) is 3.87. The largest absolute Gasteiger partial charge is 0.372 e. The van der Waals surface area contributed by atoms with Crippen molar-refractivity contribution in [3.8, 4) is 0 Å². The summed E-state index contributed by atoms with van der Waals surface area (Å²) in [5, 5.41) is 3.02. The number of benzene rings is 2. The molecule has 0 bridgehead atoms. The first-order valence-corrected chi connectivity index (χ1v) is 10.3. The lowest BCUT2D eigenvalue weighted by Gasteiger charge is -2.29. The summed E-state index contributed by atoms with van der Waals surface area (Å²) in [7, 11) is 0. The van der Waals surface area contributed by atoms with Crippen molar-refractivity contribution in [2.24, 2.45) is 0 Å². The highest BCUT2D eigenvalue weighted by atomic mass is 19.1. The van der Waals surface area contributed by atoms with Crippen LogP contribution in [-0.2, 0) is 11.3 Å². The lowest BCUT2D eigenvalue weighted by atomic mass is 10.1. The summed E-state index contributed by atoms with van der Waals surface area (Å²) in [6.07, 6.45) is 6.07. The SMILES string of the molecule is O=C(CN(Cc1ccc(F)cc1)C1CC1)Nc1ccc(N2CCCCC2)cc1. The van der Waals surface area contributed by atoms with E-state index in [0.29, 0.717) is 19.1 Å². The molecule has 28 heavy (non-hydrogen) atoms. The highest BCUT2D eigenvalue weighted by Gasteiger charge is 2.30. The van der Waals surface area contributed by atoms with E-state index in [0.717, 1.165) is 37.2 Å². The topological polar surface area (TPSA) is 35.6 Å². The smallest absolute Gasteiger partial charge is 0.238 e. The minimum Gasteiger partial charge on any atom is -0.372 e. The zero-order chi connectivity index (χ0) is 19.3. The lowest BCUT2D eigenvalue weighted by Crippen LogP contribution is -2.34. The van der Waals surface area contributed by atoms with Crippen LogP contribution >= 0.6 is 0 Å². The molecule has 1 amide bonds. The van der Waals surface area contributed by atoms with Gasteiger partial charge in [-0.1, -0.05) is 12.1 Å². The molecule has 0 radical (unpaired) electrons. The van der Waals surface area contributed by atoms with Crippen LogP contribution in [0.2, 0.25) is 0 Å². The van der Waals surface area contributed by atoms with Crippen molar-refractivity contribution in [2.75, 3.05) is 29.9 Å². The summed E-state index contributed by atoms with van der Waals surface area (Å²) < 4.78 is 13.1. The molecule has 0 unspecified atom stereocenters. The molecule has 4 nitrogen and oxygen atoms in total. The van der Waals surface area contributed by atoms with Crippen molar-refractivity contribution in [1.29, 1.82) is 0 Å². The Balaban J connectivity index is 1.32. The van der Waals surface area contributed by atoms with E-state index in [1.165, 1.54) is 37.1 Å². The average molecular weight is 381 g/mol. The van der Waals surface area contributed by atoms with E-state index < -0.39 is 0 Å². The number of hydrogen-bond acceptors (Lipinski definition) is 3. The first-order valence-electron chi connectivity index (χ1n) is 10.3. The number of piperidine rings is 1. The van der Waals surface area contributed by atoms with Gasteiger partial charge in [-0.05, 0) is 74.1 Å². The quantitative estimate of drug-likeness (QED) is 0.771. The first-order chi connectivity index (χ1) is 13.7. The number of rotatable bonds is 7. The first kappa shape index (κ1) is 18.9. The van der Waals surface area contributed by atoms with Crippen LogP contribution in [0.25, 0.3) is 0 Å². The van der Waals surface area contributed by atoms with E-state index in [2.05, 4.69) is 27.2 Å². The molecular formula is C23H28FN3O. The summed E-state index contributed by atoms with van der Waals surface area (Å²) in [4.78, 5) is 17.2. The number of carbonyl (C=O) groups excluding carboxylic acids is 1. The van der Waals surface area contributed by atoms with E-state index in [1.807, 2.05) is 12.1 Å². The number of nitrogens with zero attached hydrogens (tertiary/aromatic N) is 2. The van der Waals surface area contributed by atoms with Crippen LogP contribution in [0.3, 0.4) is 0 Å². The van der Waals surface area contributed by atoms with Gasteiger partial charge in [0.25, 0.3) is 0 Å². The number of carbonyl (C=O) groups is 1. The van der Waals surface area contributed by atoms with Gasteiger partial charge in [-0.2, -0.15) is 0 Å². The standard InChI is InChI=1S/C23H28FN3O/c24-19-6-4-18(5-7-19)16-27(22-12-13-22)17-23(28)25-20-8-10-21(11-9-20)26-14-2-1-3-15-26/h4-11,22H,1-3,12-17H2,(H,25,28). The third-order valence-electron chi connectivity index (χ3n) is 5.58. The fraction of sp³-hybridized carbons (Fsp3) is 0.435. The summed E-state index contributed by atoms with van der Waals surface area (Å²) >= 11 is 0. The third kappa shape index (κ3) is 5.10. The Morgan fingerprint density at radius 3 is 2.32 bits per heavy atom. The molecule has 1 heterocycles. The Bertz CT molecular complexity index is 780. The molecule has 5 heteroatoms. The van der Waals surface area contributed by atoms with Crippen molar-refractivity contribution < 1.29 is 9.18 Å². The number of nitrogens with one attached hydrogen (secondary N) is 1. The summed E-state index contributed by atoms with van der Waals surface area (Å²) in [5.41, 5.74) is 3.10. The van der Waals surface area contributed by atoms with Crippen molar-refractivity contribution in [3.63, 3.8) is 0 Å². The maximum absolute atomic E-state index is 13.1.